The number of hydrogen-bond acceptors (Lipinski definition) is 4. The Bertz CT molecular complexity index is 262. The number of ether oxygens (including phenoxy) is 2. The van der Waals surface area contributed by atoms with E-state index in [-0.39, 0.29) is 0 Å². The minimum Gasteiger partial charge on any atom is -0.624 e. The zero-order valence-electron chi connectivity index (χ0n) is 9.34. The van der Waals surface area contributed by atoms with Crippen molar-refractivity contribution in [3.8, 4) is 0 Å². The van der Waals surface area contributed by atoms with Crippen molar-refractivity contribution >= 4 is 12.4 Å². The molecule has 1 aliphatic heterocycles. The topological polar surface area (TPSA) is 70.6 Å². The van der Waals surface area contributed by atoms with E-state index in [9.17, 15) is 10.4 Å². The lowest BCUT2D eigenvalue weighted by Crippen LogP contribution is -2.30. The van der Waals surface area contributed by atoms with Crippen LogP contribution in [-0.2, 0) is 9.47 Å². The quantitative estimate of drug-likeness (QED) is 0.280. The molecular formula is C9H16N2O4. The second-order valence-electron chi connectivity index (χ2n) is 3.96. The summed E-state index contributed by atoms with van der Waals surface area (Å²) in [5.74, 6) is -0.783. The van der Waals surface area contributed by atoms with E-state index >= 15 is 0 Å². The maximum absolute atomic E-state index is 10.9. The average Bonchev–Trinajstić information content (AvgIpc) is 2.22. The molecule has 0 N–H and O–H groups in total. The molecule has 0 amide bonds. The maximum atomic E-state index is 10.9. The maximum Gasteiger partial charge on any atom is 0.183 e. The minimum atomic E-state index is -0.783. The summed E-state index contributed by atoms with van der Waals surface area (Å²) in [6.45, 7) is 3.47. The zero-order valence-corrected chi connectivity index (χ0v) is 9.34. The lowest BCUT2D eigenvalue weighted by molar-refractivity contribution is -0.423. The molecule has 2 atom stereocenters. The SMILES string of the molecule is C/[N+]([O-])=C/[C@H]1OC(C)(C)O[C@@H]1/C=[N+](/C)[O-]. The Labute approximate surface area is 88.6 Å². The van der Waals surface area contributed by atoms with Gasteiger partial charge in [0.15, 0.2) is 30.4 Å². The molecule has 0 saturated carbocycles. The third-order valence-electron chi connectivity index (χ3n) is 1.88. The van der Waals surface area contributed by atoms with Crippen LogP contribution in [0.3, 0.4) is 0 Å². The molecule has 1 heterocycles. The molecule has 1 saturated heterocycles. The number of nitrogens with zero attached hydrogens (tertiary/aromatic N) is 2. The van der Waals surface area contributed by atoms with E-state index in [1.54, 1.807) is 13.8 Å². The fourth-order valence-corrected chi connectivity index (χ4v) is 1.46. The van der Waals surface area contributed by atoms with E-state index in [4.69, 9.17) is 9.47 Å². The zero-order chi connectivity index (χ0) is 11.6. The van der Waals surface area contributed by atoms with Crippen LogP contribution in [0, 0.1) is 10.4 Å². The van der Waals surface area contributed by atoms with Crippen LogP contribution < -0.4 is 0 Å². The summed E-state index contributed by atoms with van der Waals surface area (Å²) >= 11 is 0. The van der Waals surface area contributed by atoms with Crippen LogP contribution in [0.4, 0.5) is 0 Å². The number of rotatable bonds is 2. The van der Waals surface area contributed by atoms with Crippen LogP contribution in [0.1, 0.15) is 13.8 Å². The Morgan fingerprint density at radius 2 is 1.33 bits per heavy atom. The van der Waals surface area contributed by atoms with Gasteiger partial charge in [-0.2, -0.15) is 0 Å². The van der Waals surface area contributed by atoms with E-state index < -0.39 is 18.0 Å². The summed E-state index contributed by atoms with van der Waals surface area (Å²) in [5.41, 5.74) is 0. The standard InChI is InChI=1S/C9H16N2O4/c1-9(2)14-7(5-10(3)12)8(15-9)6-11(4)13/h5-8H,1-4H3/b10-5-,11-6-/t7-,8-/m1/s1. The molecule has 0 aromatic heterocycles. The second-order valence-corrected chi connectivity index (χ2v) is 3.96. The highest BCUT2D eigenvalue weighted by Crippen LogP contribution is 2.26. The summed E-state index contributed by atoms with van der Waals surface area (Å²) in [7, 11) is 2.71. The van der Waals surface area contributed by atoms with Crippen molar-refractivity contribution in [3.63, 3.8) is 0 Å². The van der Waals surface area contributed by atoms with Crippen molar-refractivity contribution in [1.82, 2.24) is 0 Å². The van der Waals surface area contributed by atoms with E-state index in [0.717, 1.165) is 0 Å². The Balaban J connectivity index is 2.84. The average molecular weight is 216 g/mol. The van der Waals surface area contributed by atoms with Crippen molar-refractivity contribution in [3.05, 3.63) is 10.4 Å². The van der Waals surface area contributed by atoms with Gasteiger partial charge < -0.3 is 19.9 Å². The third-order valence-corrected chi connectivity index (χ3v) is 1.88. The molecule has 0 aromatic carbocycles. The first kappa shape index (κ1) is 11.9. The van der Waals surface area contributed by atoms with Crippen LogP contribution in [0.5, 0.6) is 0 Å². The molecule has 0 spiro atoms. The largest absolute Gasteiger partial charge is 0.624 e. The minimum absolute atomic E-state index is 0.529. The summed E-state index contributed by atoms with van der Waals surface area (Å²) in [6.07, 6.45) is 1.61. The first-order valence-corrected chi connectivity index (χ1v) is 4.66. The van der Waals surface area contributed by atoms with Gasteiger partial charge in [0.05, 0.1) is 0 Å². The molecule has 6 heteroatoms. The molecule has 0 unspecified atom stereocenters. The molecule has 0 radical (unpaired) electrons. The van der Waals surface area contributed by atoms with Gasteiger partial charge in [0, 0.05) is 0 Å². The smallest absolute Gasteiger partial charge is 0.183 e. The Kier molecular flexibility index (Phi) is 3.31. The van der Waals surface area contributed by atoms with Gasteiger partial charge in [0.25, 0.3) is 0 Å². The van der Waals surface area contributed by atoms with Gasteiger partial charge in [0.2, 0.25) is 0 Å². The van der Waals surface area contributed by atoms with Gasteiger partial charge in [-0.05, 0) is 13.8 Å². The highest BCUT2D eigenvalue weighted by molar-refractivity contribution is 5.70. The van der Waals surface area contributed by atoms with E-state index in [1.165, 1.54) is 26.5 Å². The van der Waals surface area contributed by atoms with Gasteiger partial charge in [-0.15, -0.1) is 0 Å². The van der Waals surface area contributed by atoms with Crippen LogP contribution in [-0.4, -0.2) is 54.0 Å². The first-order valence-electron chi connectivity index (χ1n) is 4.66. The van der Waals surface area contributed by atoms with Gasteiger partial charge in [-0.1, -0.05) is 0 Å². The Hall–Kier alpha value is -1.14. The molecule has 1 aliphatic rings. The lowest BCUT2D eigenvalue weighted by atomic mass is 10.2. The normalized spacial score (nSPS) is 32.0. The fraction of sp³-hybridized carbons (Fsp3) is 0.778. The molecule has 1 rings (SSSR count). The van der Waals surface area contributed by atoms with E-state index in [0.29, 0.717) is 9.48 Å². The Morgan fingerprint density at radius 1 is 1.00 bits per heavy atom. The van der Waals surface area contributed by atoms with Crippen LogP contribution in [0.2, 0.25) is 0 Å². The first-order chi connectivity index (χ1) is 6.80. The molecule has 0 aromatic rings. The number of hydrogen-bond donors (Lipinski definition) is 0. The van der Waals surface area contributed by atoms with E-state index in [1.807, 2.05) is 0 Å². The second kappa shape index (κ2) is 4.16. The third kappa shape index (κ3) is 3.49. The molecule has 15 heavy (non-hydrogen) atoms. The molecule has 6 nitrogen and oxygen atoms in total. The van der Waals surface area contributed by atoms with E-state index in [2.05, 4.69) is 0 Å². The number of hydroxylamine groups is 2. The summed E-state index contributed by atoms with van der Waals surface area (Å²) in [5, 5.41) is 21.7. The van der Waals surface area contributed by atoms with Crippen molar-refractivity contribution in [2.24, 2.45) is 0 Å². The lowest BCUT2D eigenvalue weighted by Gasteiger charge is -2.15. The van der Waals surface area contributed by atoms with Crippen LogP contribution in [0.15, 0.2) is 0 Å². The summed E-state index contributed by atoms with van der Waals surface area (Å²) < 4.78 is 12.2. The van der Waals surface area contributed by atoms with Crippen molar-refractivity contribution < 1.29 is 19.0 Å². The van der Waals surface area contributed by atoms with Gasteiger partial charge in [-0.25, -0.2) is 9.48 Å². The van der Waals surface area contributed by atoms with Crippen LogP contribution >= 0.6 is 0 Å². The molecular weight excluding hydrogens is 200 g/mol. The molecule has 86 valence electrons. The highest BCUT2D eigenvalue weighted by atomic mass is 16.8. The predicted octanol–water partition coefficient (Wildman–Crippen LogP) is -0.0717. The summed E-state index contributed by atoms with van der Waals surface area (Å²) in [4.78, 5) is 0. The molecule has 0 aliphatic carbocycles. The monoisotopic (exact) mass is 216 g/mol. The van der Waals surface area contributed by atoms with Gasteiger partial charge in [-0.3, -0.25) is 0 Å². The molecule has 0 bridgehead atoms. The van der Waals surface area contributed by atoms with Gasteiger partial charge in [0.1, 0.15) is 14.1 Å². The summed E-state index contributed by atoms with van der Waals surface area (Å²) in [6, 6.07) is 0. The van der Waals surface area contributed by atoms with Crippen molar-refractivity contribution in [1.29, 1.82) is 0 Å². The predicted molar refractivity (Wildman–Crippen MR) is 55.1 cm³/mol. The van der Waals surface area contributed by atoms with Crippen molar-refractivity contribution in [2.75, 3.05) is 14.1 Å². The van der Waals surface area contributed by atoms with Gasteiger partial charge >= 0.3 is 0 Å². The highest BCUT2D eigenvalue weighted by Gasteiger charge is 2.43. The molecule has 1 fully saturated rings. The van der Waals surface area contributed by atoms with Crippen molar-refractivity contribution in [2.45, 2.75) is 31.8 Å². The van der Waals surface area contributed by atoms with Crippen LogP contribution in [0.25, 0.3) is 0 Å². The fourth-order valence-electron chi connectivity index (χ4n) is 1.46. The Morgan fingerprint density at radius 3 is 1.60 bits per heavy atom.